The Balaban J connectivity index is 0.00000192. The molecule has 0 spiro atoms. The first-order valence-electron chi connectivity index (χ1n) is 9.09. The highest BCUT2D eigenvalue weighted by Gasteiger charge is 2.33. The van der Waals surface area contributed by atoms with Crippen molar-refractivity contribution in [3.05, 3.63) is 56.9 Å². The number of aromatic nitrogens is 3. The van der Waals surface area contributed by atoms with Gasteiger partial charge in [0.25, 0.3) is 0 Å². The predicted octanol–water partition coefficient (Wildman–Crippen LogP) is 3.45. The molecule has 6 nitrogen and oxygen atoms in total. The Bertz CT molecular complexity index is 1120. The molecule has 0 unspecified atom stereocenters. The van der Waals surface area contributed by atoms with Crippen LogP contribution in [0.1, 0.15) is 5.56 Å². The average Bonchev–Trinajstić information content (AvgIpc) is 3.18. The van der Waals surface area contributed by atoms with Crippen molar-refractivity contribution in [1.29, 1.82) is 0 Å². The van der Waals surface area contributed by atoms with Crippen molar-refractivity contribution in [3.8, 4) is 17.1 Å². The number of likely N-dealkylation sites (N-methyl/N-ethyl adjacent to an activating group) is 1. The first-order chi connectivity index (χ1) is 13.0. The number of halogens is 2. The Labute approximate surface area is 177 Å². The van der Waals surface area contributed by atoms with Gasteiger partial charge in [-0.25, -0.2) is 14.0 Å². The van der Waals surface area contributed by atoms with E-state index >= 15 is 0 Å². The van der Waals surface area contributed by atoms with E-state index in [0.29, 0.717) is 6.54 Å². The molecule has 5 rings (SSSR count). The minimum atomic E-state index is -0.0926. The van der Waals surface area contributed by atoms with Crippen LogP contribution in [0.25, 0.3) is 17.1 Å². The molecule has 8 heteroatoms. The lowest BCUT2D eigenvalue weighted by atomic mass is 10.1. The molecule has 1 aromatic heterocycles. The van der Waals surface area contributed by atoms with Gasteiger partial charge in [-0.1, -0.05) is 28.1 Å². The van der Waals surface area contributed by atoms with Crippen LogP contribution in [0.3, 0.4) is 0 Å². The Morgan fingerprint density at radius 1 is 1.18 bits per heavy atom. The van der Waals surface area contributed by atoms with Gasteiger partial charge in [0.2, 0.25) is 0 Å². The molecule has 0 radical (unpaired) electrons. The number of hydrogen-bond donors (Lipinski definition) is 0. The van der Waals surface area contributed by atoms with Crippen molar-refractivity contribution in [2.75, 3.05) is 32.1 Å². The summed E-state index contributed by atoms with van der Waals surface area (Å²) in [4.78, 5) is 17.7. The van der Waals surface area contributed by atoms with Gasteiger partial charge in [-0.15, -0.1) is 17.5 Å². The normalized spacial score (nSPS) is 13.6. The van der Waals surface area contributed by atoms with Gasteiger partial charge in [-0.2, -0.15) is 0 Å². The summed E-state index contributed by atoms with van der Waals surface area (Å²) >= 11 is 3.57. The summed E-state index contributed by atoms with van der Waals surface area (Å²) in [5.41, 5.74) is 5.36. The molecule has 0 N–H and O–H groups in total. The molecule has 3 heterocycles. The quantitative estimate of drug-likeness (QED) is 0.598. The van der Waals surface area contributed by atoms with Crippen LogP contribution in [-0.4, -0.2) is 46.4 Å². The molecule has 2 aliphatic heterocycles. The largest absolute Gasteiger partial charge is 0.350 e. The van der Waals surface area contributed by atoms with Gasteiger partial charge in [-0.3, -0.25) is 0 Å². The number of fused-ring (bicyclic) bond motifs is 5. The van der Waals surface area contributed by atoms with Crippen molar-refractivity contribution >= 4 is 39.7 Å². The third kappa shape index (κ3) is 2.80. The standard InChI is InChI=1S/C20H20BrN5O.ClH/c1-23(2)10-11-25-20(27)26-17-12-14(21)6-7-16(17)24-9-8-13-4-3-5-15(18(13)24)19(26)22-25;/h3-7,12H,8-11H2,1-2H3;1H. The maximum absolute atomic E-state index is 13.3. The van der Waals surface area contributed by atoms with E-state index in [4.69, 9.17) is 5.10 Å². The van der Waals surface area contributed by atoms with Crippen LogP contribution >= 0.6 is 28.3 Å². The van der Waals surface area contributed by atoms with Crippen LogP contribution in [-0.2, 0) is 13.0 Å². The second kappa shape index (κ2) is 7.06. The molecule has 0 saturated carbocycles. The number of hydrogen-bond acceptors (Lipinski definition) is 4. The Hall–Kier alpha value is -2.09. The number of rotatable bonds is 3. The molecule has 0 amide bonds. The van der Waals surface area contributed by atoms with Crippen molar-refractivity contribution in [3.63, 3.8) is 0 Å². The molecule has 0 fully saturated rings. The lowest BCUT2D eigenvalue weighted by molar-refractivity contribution is 0.369. The molecule has 146 valence electrons. The van der Waals surface area contributed by atoms with Gasteiger partial charge in [0, 0.05) is 23.1 Å². The molecule has 0 aliphatic carbocycles. The second-order valence-electron chi connectivity index (χ2n) is 7.32. The highest BCUT2D eigenvalue weighted by molar-refractivity contribution is 9.10. The second-order valence-corrected chi connectivity index (χ2v) is 8.23. The van der Waals surface area contributed by atoms with Crippen LogP contribution in [0, 0.1) is 0 Å². The van der Waals surface area contributed by atoms with Gasteiger partial charge in [0.05, 0.1) is 23.6 Å². The van der Waals surface area contributed by atoms with E-state index in [0.717, 1.165) is 46.7 Å². The molecule has 2 aromatic carbocycles. The van der Waals surface area contributed by atoms with E-state index in [1.165, 1.54) is 11.3 Å². The van der Waals surface area contributed by atoms with Gasteiger partial charge in [-0.05, 0) is 50.3 Å². The molecule has 28 heavy (non-hydrogen) atoms. The van der Waals surface area contributed by atoms with Crippen molar-refractivity contribution in [2.24, 2.45) is 0 Å². The summed E-state index contributed by atoms with van der Waals surface area (Å²) < 4.78 is 4.30. The van der Waals surface area contributed by atoms with Crippen molar-refractivity contribution < 1.29 is 0 Å². The van der Waals surface area contributed by atoms with Gasteiger partial charge in [0.15, 0.2) is 5.82 Å². The number of para-hydroxylation sites is 1. The molecule has 3 aromatic rings. The third-order valence-electron chi connectivity index (χ3n) is 5.30. The summed E-state index contributed by atoms with van der Waals surface area (Å²) in [6, 6.07) is 12.5. The zero-order valence-corrected chi connectivity index (χ0v) is 18.1. The molecule has 0 atom stereocenters. The summed E-state index contributed by atoms with van der Waals surface area (Å²) in [7, 11) is 4.00. The maximum atomic E-state index is 13.3. The maximum Gasteiger partial charge on any atom is 0.350 e. The first kappa shape index (κ1) is 19.2. The highest BCUT2D eigenvalue weighted by Crippen LogP contribution is 2.46. The molecule has 0 saturated heterocycles. The van der Waals surface area contributed by atoms with Crippen LogP contribution in [0.2, 0.25) is 0 Å². The van der Waals surface area contributed by atoms with Gasteiger partial charge >= 0.3 is 5.69 Å². The topological polar surface area (TPSA) is 46.3 Å². The summed E-state index contributed by atoms with van der Waals surface area (Å²) in [6.45, 7) is 2.25. The summed E-state index contributed by atoms with van der Waals surface area (Å²) in [6.07, 6.45) is 1.00. The fourth-order valence-corrected chi connectivity index (χ4v) is 4.37. The molecule has 0 bridgehead atoms. The number of anilines is 2. The van der Waals surface area contributed by atoms with Crippen molar-refractivity contribution in [2.45, 2.75) is 13.0 Å². The van der Waals surface area contributed by atoms with E-state index in [1.807, 2.05) is 26.2 Å². The lowest BCUT2D eigenvalue weighted by Crippen LogP contribution is -2.29. The van der Waals surface area contributed by atoms with E-state index in [1.54, 1.807) is 9.25 Å². The lowest BCUT2D eigenvalue weighted by Gasteiger charge is -2.21. The van der Waals surface area contributed by atoms with E-state index < -0.39 is 0 Å². The molecular weight excluding hydrogens is 442 g/mol. The minimum absolute atomic E-state index is 0. The smallest absolute Gasteiger partial charge is 0.339 e. The van der Waals surface area contributed by atoms with Gasteiger partial charge < -0.3 is 9.80 Å². The Morgan fingerprint density at radius 2 is 2.00 bits per heavy atom. The predicted molar refractivity (Wildman–Crippen MR) is 117 cm³/mol. The number of nitrogens with zero attached hydrogens (tertiary/aromatic N) is 5. The fraction of sp³-hybridized carbons (Fsp3) is 0.300. The fourth-order valence-electron chi connectivity index (χ4n) is 4.02. The van der Waals surface area contributed by atoms with E-state index in [2.05, 4.69) is 50.0 Å². The van der Waals surface area contributed by atoms with Crippen LogP contribution < -0.4 is 10.6 Å². The molecular formula is C20H21BrClN5O. The number of benzene rings is 2. The van der Waals surface area contributed by atoms with E-state index in [9.17, 15) is 4.79 Å². The van der Waals surface area contributed by atoms with Crippen LogP contribution in [0.5, 0.6) is 0 Å². The molecule has 2 aliphatic rings. The third-order valence-corrected chi connectivity index (χ3v) is 5.80. The highest BCUT2D eigenvalue weighted by atomic mass is 79.9. The van der Waals surface area contributed by atoms with Crippen LogP contribution in [0.15, 0.2) is 45.7 Å². The average molecular weight is 463 g/mol. The Kier molecular flexibility index (Phi) is 4.85. The SMILES string of the molecule is CN(C)CCn1nc2n(c1=O)-c1cc(Br)ccc1N1CCc3cccc-2c31.Cl. The Morgan fingerprint density at radius 3 is 2.79 bits per heavy atom. The zero-order valence-electron chi connectivity index (χ0n) is 15.7. The first-order valence-corrected chi connectivity index (χ1v) is 9.88. The summed E-state index contributed by atoms with van der Waals surface area (Å²) in [5.74, 6) is 0.722. The zero-order chi connectivity index (χ0) is 18.7. The van der Waals surface area contributed by atoms with Crippen LogP contribution in [0.4, 0.5) is 11.4 Å². The van der Waals surface area contributed by atoms with Gasteiger partial charge in [0.1, 0.15) is 0 Å². The summed E-state index contributed by atoms with van der Waals surface area (Å²) in [5, 5.41) is 4.75. The monoisotopic (exact) mass is 461 g/mol. The van der Waals surface area contributed by atoms with Crippen molar-refractivity contribution in [1.82, 2.24) is 19.2 Å². The van der Waals surface area contributed by atoms with E-state index in [-0.39, 0.29) is 18.1 Å². The minimum Gasteiger partial charge on any atom is -0.339 e.